The molecule has 16 heavy (non-hydrogen) atoms. The van der Waals surface area contributed by atoms with Gasteiger partial charge in [0.1, 0.15) is 16.8 Å². The predicted octanol–water partition coefficient (Wildman–Crippen LogP) is 4.54. The first-order chi connectivity index (χ1) is 7.01. The van der Waals surface area contributed by atoms with Gasteiger partial charge in [0, 0.05) is 5.56 Å². The quantitative estimate of drug-likeness (QED) is 0.833. The zero-order valence-electron chi connectivity index (χ0n) is 8.14. The van der Waals surface area contributed by atoms with E-state index in [-0.39, 0.29) is 10.6 Å². The first-order valence-electron chi connectivity index (χ1n) is 4.18. The van der Waals surface area contributed by atoms with Crippen LogP contribution in [0, 0.1) is 0 Å². The van der Waals surface area contributed by atoms with Crippen LogP contribution in [0.25, 0.3) is 0 Å². The maximum Gasteiger partial charge on any atom is 0.169 e. The molecule has 2 rings (SSSR count). The lowest BCUT2D eigenvalue weighted by molar-refractivity contribution is 0.363. The van der Waals surface area contributed by atoms with Gasteiger partial charge in [-0.25, -0.2) is 0 Å². The Morgan fingerprint density at radius 2 is 1.94 bits per heavy atom. The molecule has 0 atom stereocenters. The summed E-state index contributed by atoms with van der Waals surface area (Å²) in [6, 6.07) is 5.46. The van der Waals surface area contributed by atoms with Crippen LogP contribution in [0.15, 0.2) is 28.8 Å². The Kier molecular flexibility index (Phi) is 4.38. The lowest BCUT2D eigenvalue weighted by Gasteiger charge is -2.00. The van der Waals surface area contributed by atoms with E-state index >= 15 is 0 Å². The molecule has 0 amide bonds. The number of alkyl halides is 2. The average Bonchev–Trinajstić information content (AvgIpc) is 2.69. The number of hydrogen-bond donors (Lipinski definition) is 1. The van der Waals surface area contributed by atoms with E-state index in [0.717, 1.165) is 11.1 Å². The maximum atomic E-state index is 5.95. The number of benzene rings is 1. The summed E-state index contributed by atoms with van der Waals surface area (Å²) >= 11 is 22.8. The standard InChI is InChI=1S/C10H6Cl4O.H3N/c11-9(12)3-4-15-6-1-2-7-8(5-6)10(7,13)14;/h1-3,5H,4H2;1H3. The fourth-order valence-corrected chi connectivity index (χ4v) is 1.95. The third-order valence-corrected chi connectivity index (χ3v) is 3.22. The molecule has 0 unspecified atom stereocenters. The maximum absolute atomic E-state index is 5.95. The Bertz CT molecular complexity index is 427. The zero-order chi connectivity index (χ0) is 11.1. The SMILES string of the molecule is ClC(Cl)=CCOc1ccc2c(c1)C2(Cl)Cl.N. The Labute approximate surface area is 114 Å². The highest BCUT2D eigenvalue weighted by atomic mass is 35.5. The van der Waals surface area contributed by atoms with Gasteiger partial charge in [-0.1, -0.05) is 52.5 Å². The fourth-order valence-electron chi connectivity index (χ4n) is 1.28. The Balaban J connectivity index is 0.00000128. The summed E-state index contributed by atoms with van der Waals surface area (Å²) < 4.78 is 4.73. The molecule has 1 aliphatic rings. The second kappa shape index (κ2) is 5.03. The zero-order valence-corrected chi connectivity index (χ0v) is 11.2. The van der Waals surface area contributed by atoms with Crippen LogP contribution in [0.5, 0.6) is 5.75 Å². The lowest BCUT2D eigenvalue weighted by Crippen LogP contribution is -1.92. The van der Waals surface area contributed by atoms with E-state index in [1.165, 1.54) is 0 Å². The molecular weight excluding hydrogens is 292 g/mol. The van der Waals surface area contributed by atoms with Crippen molar-refractivity contribution in [2.24, 2.45) is 0 Å². The molecule has 0 aliphatic heterocycles. The van der Waals surface area contributed by atoms with Gasteiger partial charge in [0.25, 0.3) is 0 Å². The monoisotopic (exact) mass is 299 g/mol. The van der Waals surface area contributed by atoms with Gasteiger partial charge >= 0.3 is 0 Å². The van der Waals surface area contributed by atoms with E-state index in [1.54, 1.807) is 12.1 Å². The van der Waals surface area contributed by atoms with Crippen LogP contribution in [-0.4, -0.2) is 6.61 Å². The van der Waals surface area contributed by atoms with E-state index in [9.17, 15) is 0 Å². The van der Waals surface area contributed by atoms with Crippen molar-refractivity contribution in [1.82, 2.24) is 6.15 Å². The summed E-state index contributed by atoms with van der Waals surface area (Å²) in [6.07, 6.45) is 1.56. The number of hydrogen-bond acceptors (Lipinski definition) is 2. The Morgan fingerprint density at radius 1 is 1.25 bits per heavy atom. The van der Waals surface area contributed by atoms with Crippen LogP contribution in [0.1, 0.15) is 11.1 Å². The van der Waals surface area contributed by atoms with E-state index in [2.05, 4.69) is 0 Å². The number of rotatable bonds is 3. The van der Waals surface area contributed by atoms with Crippen molar-refractivity contribution in [2.75, 3.05) is 6.61 Å². The van der Waals surface area contributed by atoms with Crippen LogP contribution in [0.2, 0.25) is 0 Å². The fraction of sp³-hybridized carbons (Fsp3) is 0.200. The summed E-state index contributed by atoms with van der Waals surface area (Å²) in [5, 5.41) is 0. The van der Waals surface area contributed by atoms with Crippen molar-refractivity contribution in [2.45, 2.75) is 4.33 Å². The second-order valence-corrected chi connectivity index (χ2v) is 5.42. The molecular formula is C10H9Cl4NO. The van der Waals surface area contributed by atoms with Crippen molar-refractivity contribution in [1.29, 1.82) is 0 Å². The van der Waals surface area contributed by atoms with Crippen molar-refractivity contribution in [3.63, 3.8) is 0 Å². The summed E-state index contributed by atoms with van der Waals surface area (Å²) in [7, 11) is 0. The molecule has 3 N–H and O–H groups in total. The van der Waals surface area contributed by atoms with Crippen LogP contribution < -0.4 is 10.9 Å². The first-order valence-corrected chi connectivity index (χ1v) is 5.70. The van der Waals surface area contributed by atoms with E-state index in [0.29, 0.717) is 12.4 Å². The second-order valence-electron chi connectivity index (χ2n) is 3.09. The van der Waals surface area contributed by atoms with E-state index < -0.39 is 4.33 Å². The molecule has 1 aromatic rings. The number of halogens is 4. The third-order valence-electron chi connectivity index (χ3n) is 2.09. The number of fused-ring (bicyclic) bond motifs is 1. The molecule has 1 aliphatic carbocycles. The van der Waals surface area contributed by atoms with E-state index in [4.69, 9.17) is 51.1 Å². The topological polar surface area (TPSA) is 44.2 Å². The first kappa shape index (κ1) is 13.9. The molecule has 0 saturated heterocycles. The minimum Gasteiger partial charge on any atom is -0.489 e. The van der Waals surface area contributed by atoms with Crippen LogP contribution in [0.4, 0.5) is 0 Å². The summed E-state index contributed by atoms with van der Waals surface area (Å²) in [5.41, 5.74) is 1.83. The van der Waals surface area contributed by atoms with Gasteiger partial charge in [-0.15, -0.1) is 0 Å². The van der Waals surface area contributed by atoms with Gasteiger partial charge < -0.3 is 10.9 Å². The van der Waals surface area contributed by atoms with Crippen molar-refractivity contribution >= 4 is 46.4 Å². The predicted molar refractivity (Wildman–Crippen MR) is 69.2 cm³/mol. The van der Waals surface area contributed by atoms with Gasteiger partial charge in [0.2, 0.25) is 0 Å². The minimum atomic E-state index is -0.818. The molecule has 0 spiro atoms. The van der Waals surface area contributed by atoms with Gasteiger partial charge in [0.15, 0.2) is 4.33 Å². The molecule has 6 heteroatoms. The van der Waals surface area contributed by atoms with Gasteiger partial charge in [-0.05, 0) is 23.8 Å². The van der Waals surface area contributed by atoms with Crippen molar-refractivity contribution in [3.05, 3.63) is 39.9 Å². The van der Waals surface area contributed by atoms with Crippen molar-refractivity contribution < 1.29 is 4.74 Å². The Hall–Kier alpha value is -0.120. The molecule has 0 saturated carbocycles. The summed E-state index contributed by atoms with van der Waals surface area (Å²) in [6.45, 7) is 0.318. The largest absolute Gasteiger partial charge is 0.489 e. The molecule has 2 nitrogen and oxygen atoms in total. The van der Waals surface area contributed by atoms with E-state index in [1.807, 2.05) is 12.1 Å². The van der Waals surface area contributed by atoms with Gasteiger partial charge in [-0.2, -0.15) is 0 Å². The molecule has 0 bridgehead atoms. The number of ether oxygens (including phenoxy) is 1. The highest BCUT2D eigenvalue weighted by Crippen LogP contribution is 2.57. The highest BCUT2D eigenvalue weighted by Gasteiger charge is 2.47. The molecule has 0 radical (unpaired) electrons. The normalized spacial score (nSPS) is 14.5. The minimum absolute atomic E-state index is 0. The highest BCUT2D eigenvalue weighted by molar-refractivity contribution is 6.55. The lowest BCUT2D eigenvalue weighted by atomic mass is 10.3. The Morgan fingerprint density at radius 3 is 2.50 bits per heavy atom. The molecule has 0 aromatic heterocycles. The van der Waals surface area contributed by atoms with Gasteiger partial charge in [-0.3, -0.25) is 0 Å². The molecule has 0 heterocycles. The summed E-state index contributed by atoms with van der Waals surface area (Å²) in [5.74, 6) is 0.697. The molecule has 88 valence electrons. The summed E-state index contributed by atoms with van der Waals surface area (Å²) in [4.78, 5) is 0. The van der Waals surface area contributed by atoms with Gasteiger partial charge in [0.05, 0.1) is 0 Å². The molecule has 0 fully saturated rings. The van der Waals surface area contributed by atoms with Crippen LogP contribution in [-0.2, 0) is 4.33 Å². The third kappa shape index (κ3) is 2.76. The molecule has 1 aromatic carbocycles. The van der Waals surface area contributed by atoms with Crippen LogP contribution >= 0.6 is 46.4 Å². The van der Waals surface area contributed by atoms with Crippen molar-refractivity contribution in [3.8, 4) is 5.75 Å². The smallest absolute Gasteiger partial charge is 0.169 e. The van der Waals surface area contributed by atoms with Crippen LogP contribution in [0.3, 0.4) is 0 Å². The average molecular weight is 301 g/mol.